The zero-order valence-electron chi connectivity index (χ0n) is 16.5. The molecule has 0 saturated heterocycles. The number of ether oxygens (including phenoxy) is 1. The maximum Gasteiger partial charge on any atom is 0.422 e. The van der Waals surface area contributed by atoms with Crippen LogP contribution in [0.15, 0.2) is 29.6 Å². The lowest BCUT2D eigenvalue weighted by Crippen LogP contribution is -2.19. The van der Waals surface area contributed by atoms with Crippen molar-refractivity contribution >= 4 is 22.9 Å². The van der Waals surface area contributed by atoms with Crippen molar-refractivity contribution < 1.29 is 40.3 Å². The lowest BCUT2D eigenvalue weighted by atomic mass is 10.1. The van der Waals surface area contributed by atoms with Gasteiger partial charge in [-0.2, -0.15) is 13.2 Å². The highest BCUT2D eigenvalue weighted by atomic mass is 32.1. The zero-order valence-corrected chi connectivity index (χ0v) is 17.3. The standard InChI is InChI=1S/C21H14F7NO2S/c1-9-3-10(2)5-12(4-9)31-7-11-6-13(32-8-11)20(30)29-19-17(24)15(22)14(21(26,27)28)16(23)18(19)25/h3-6,8H,7H2,1-2H3,(H,29,30). The molecular weight excluding hydrogens is 463 g/mol. The zero-order chi connectivity index (χ0) is 23.8. The Morgan fingerprint density at radius 3 is 2.03 bits per heavy atom. The third kappa shape index (κ3) is 4.87. The van der Waals surface area contributed by atoms with Gasteiger partial charge in [-0.1, -0.05) is 6.07 Å². The van der Waals surface area contributed by atoms with E-state index in [1.807, 2.05) is 19.9 Å². The molecule has 3 nitrogen and oxygen atoms in total. The second-order valence-electron chi connectivity index (χ2n) is 6.89. The second-order valence-corrected chi connectivity index (χ2v) is 7.80. The fourth-order valence-corrected chi connectivity index (χ4v) is 3.71. The number of alkyl halides is 3. The summed E-state index contributed by atoms with van der Waals surface area (Å²) >= 11 is 0.841. The number of carbonyl (C=O) groups is 1. The van der Waals surface area contributed by atoms with Crippen LogP contribution < -0.4 is 10.1 Å². The third-order valence-corrected chi connectivity index (χ3v) is 5.24. The van der Waals surface area contributed by atoms with Crippen LogP contribution in [-0.4, -0.2) is 5.91 Å². The molecule has 0 radical (unpaired) electrons. The topological polar surface area (TPSA) is 38.3 Å². The lowest BCUT2D eigenvalue weighted by molar-refractivity contribution is -0.143. The summed E-state index contributed by atoms with van der Waals surface area (Å²) in [7, 11) is 0. The normalized spacial score (nSPS) is 11.5. The molecule has 11 heteroatoms. The van der Waals surface area contributed by atoms with Crippen LogP contribution in [0, 0.1) is 37.1 Å². The van der Waals surface area contributed by atoms with Crippen molar-refractivity contribution in [2.24, 2.45) is 0 Å². The molecule has 1 amide bonds. The number of carbonyl (C=O) groups excluding carboxylic acids is 1. The number of rotatable bonds is 5. The minimum atomic E-state index is -5.67. The molecule has 0 fully saturated rings. The van der Waals surface area contributed by atoms with Crippen molar-refractivity contribution in [2.75, 3.05) is 5.32 Å². The van der Waals surface area contributed by atoms with Gasteiger partial charge in [-0.3, -0.25) is 4.79 Å². The molecule has 3 aromatic rings. The summed E-state index contributed by atoms with van der Waals surface area (Å²) in [5.41, 5.74) is -1.90. The van der Waals surface area contributed by atoms with Crippen LogP contribution in [0.4, 0.5) is 36.4 Å². The Bertz CT molecular complexity index is 1140. The molecule has 0 unspecified atom stereocenters. The smallest absolute Gasteiger partial charge is 0.422 e. The number of halogens is 7. The van der Waals surface area contributed by atoms with Gasteiger partial charge in [0.15, 0.2) is 23.3 Å². The fraction of sp³-hybridized carbons (Fsp3) is 0.190. The van der Waals surface area contributed by atoms with E-state index in [9.17, 15) is 35.5 Å². The molecule has 2 aromatic carbocycles. The van der Waals surface area contributed by atoms with E-state index in [0.29, 0.717) is 11.3 Å². The number of hydrogen-bond acceptors (Lipinski definition) is 3. The van der Waals surface area contributed by atoms with Crippen LogP contribution in [0.3, 0.4) is 0 Å². The molecule has 0 aliphatic rings. The van der Waals surface area contributed by atoms with Crippen LogP contribution in [0.5, 0.6) is 5.75 Å². The minimum Gasteiger partial charge on any atom is -0.489 e. The van der Waals surface area contributed by atoms with E-state index < -0.39 is 46.6 Å². The second kappa shape index (κ2) is 8.81. The van der Waals surface area contributed by atoms with E-state index in [-0.39, 0.29) is 11.5 Å². The van der Waals surface area contributed by atoms with Gasteiger partial charge in [0.1, 0.15) is 23.6 Å². The summed E-state index contributed by atoms with van der Waals surface area (Å²) in [4.78, 5) is 12.2. The average Bonchev–Trinajstić information content (AvgIpc) is 3.15. The van der Waals surface area contributed by atoms with Crippen LogP contribution in [0.25, 0.3) is 0 Å². The van der Waals surface area contributed by atoms with Crippen LogP contribution in [-0.2, 0) is 12.8 Å². The van der Waals surface area contributed by atoms with E-state index in [1.54, 1.807) is 17.4 Å². The Hall–Kier alpha value is -3.08. The molecule has 0 bridgehead atoms. The number of nitrogens with one attached hydrogen (secondary N) is 1. The molecular formula is C21H14F7NO2S. The average molecular weight is 477 g/mol. The first-order valence-corrected chi connectivity index (χ1v) is 9.79. The van der Waals surface area contributed by atoms with E-state index in [0.717, 1.165) is 22.5 Å². The number of benzene rings is 2. The molecule has 0 spiro atoms. The van der Waals surface area contributed by atoms with E-state index in [2.05, 4.69) is 0 Å². The van der Waals surface area contributed by atoms with Crippen LogP contribution in [0.1, 0.15) is 31.9 Å². The number of thiophene rings is 1. The molecule has 170 valence electrons. The molecule has 1 aromatic heterocycles. The summed E-state index contributed by atoms with van der Waals surface area (Å²) in [5.74, 6) is -10.6. The van der Waals surface area contributed by atoms with Crippen LogP contribution in [0.2, 0.25) is 0 Å². The van der Waals surface area contributed by atoms with Gasteiger partial charge >= 0.3 is 6.18 Å². The minimum absolute atomic E-state index is 0.0545. The molecule has 0 saturated carbocycles. The Balaban J connectivity index is 1.78. The predicted octanol–water partition coefficient (Wildman–Crippen LogP) is 6.77. The van der Waals surface area contributed by atoms with Gasteiger partial charge in [-0.25, -0.2) is 17.6 Å². The molecule has 3 rings (SSSR count). The molecule has 32 heavy (non-hydrogen) atoms. The quantitative estimate of drug-likeness (QED) is 0.325. The molecule has 0 atom stereocenters. The van der Waals surface area contributed by atoms with Gasteiger partial charge in [0.05, 0.1) is 4.88 Å². The highest BCUT2D eigenvalue weighted by molar-refractivity contribution is 7.12. The predicted molar refractivity (Wildman–Crippen MR) is 104 cm³/mol. The van der Waals surface area contributed by atoms with E-state index in [4.69, 9.17) is 4.74 Å². The molecule has 1 N–H and O–H groups in total. The van der Waals surface area contributed by atoms with E-state index in [1.165, 1.54) is 11.4 Å². The van der Waals surface area contributed by atoms with E-state index >= 15 is 0 Å². The van der Waals surface area contributed by atoms with Crippen molar-refractivity contribution in [3.8, 4) is 5.75 Å². The molecule has 0 aliphatic heterocycles. The first-order valence-electron chi connectivity index (χ1n) is 8.91. The van der Waals surface area contributed by atoms with Gasteiger partial charge in [0.2, 0.25) is 0 Å². The fourth-order valence-electron chi connectivity index (χ4n) is 2.92. The Morgan fingerprint density at radius 2 is 1.50 bits per heavy atom. The van der Waals surface area contributed by atoms with Gasteiger partial charge in [-0.15, -0.1) is 11.3 Å². The molecule has 0 aliphatic carbocycles. The highest BCUT2D eigenvalue weighted by Crippen LogP contribution is 2.38. The first-order chi connectivity index (χ1) is 14.9. The Labute approximate surface area is 181 Å². The number of aryl methyl sites for hydroxylation is 2. The maximum absolute atomic E-state index is 14.0. The van der Waals surface area contributed by atoms with Crippen molar-refractivity contribution in [3.05, 3.63) is 80.0 Å². The van der Waals surface area contributed by atoms with Gasteiger partial charge in [0, 0.05) is 5.56 Å². The summed E-state index contributed by atoms with van der Waals surface area (Å²) in [6.07, 6.45) is -5.67. The first kappa shape index (κ1) is 23.6. The van der Waals surface area contributed by atoms with Crippen LogP contribution >= 0.6 is 11.3 Å². The van der Waals surface area contributed by atoms with Gasteiger partial charge in [0.25, 0.3) is 5.91 Å². The number of hydrogen-bond donors (Lipinski definition) is 1. The molecule has 1 heterocycles. The highest BCUT2D eigenvalue weighted by Gasteiger charge is 2.42. The summed E-state index contributed by atoms with van der Waals surface area (Å²) in [5, 5.41) is 3.10. The number of anilines is 1. The van der Waals surface area contributed by atoms with Crippen molar-refractivity contribution in [2.45, 2.75) is 26.6 Å². The maximum atomic E-state index is 14.0. The van der Waals surface area contributed by atoms with Crippen molar-refractivity contribution in [1.82, 2.24) is 0 Å². The number of amides is 1. The SMILES string of the molecule is Cc1cc(C)cc(OCc2csc(C(=O)Nc3c(F)c(F)c(C(F)(F)F)c(F)c3F)c2)c1. The Morgan fingerprint density at radius 1 is 0.938 bits per heavy atom. The lowest BCUT2D eigenvalue weighted by Gasteiger charge is -2.14. The van der Waals surface area contributed by atoms with Gasteiger partial charge in [-0.05, 0) is 48.6 Å². The summed E-state index contributed by atoms with van der Waals surface area (Å²) < 4.78 is 99.0. The Kier molecular flexibility index (Phi) is 6.49. The summed E-state index contributed by atoms with van der Waals surface area (Å²) in [6, 6.07) is 6.86. The van der Waals surface area contributed by atoms with Crippen molar-refractivity contribution in [1.29, 1.82) is 0 Å². The summed E-state index contributed by atoms with van der Waals surface area (Å²) in [6.45, 7) is 3.83. The van der Waals surface area contributed by atoms with Crippen molar-refractivity contribution in [3.63, 3.8) is 0 Å². The monoisotopic (exact) mass is 477 g/mol. The largest absolute Gasteiger partial charge is 0.489 e. The third-order valence-electron chi connectivity index (χ3n) is 4.26. The van der Waals surface area contributed by atoms with Gasteiger partial charge < -0.3 is 10.1 Å².